The van der Waals surface area contributed by atoms with Crippen LogP contribution in [-0.4, -0.2) is 51.6 Å². The van der Waals surface area contributed by atoms with E-state index in [2.05, 4.69) is 9.69 Å². The van der Waals surface area contributed by atoms with Gasteiger partial charge in [-0.15, -0.1) is 0 Å². The highest BCUT2D eigenvalue weighted by Crippen LogP contribution is 2.31. The molecule has 0 saturated heterocycles. The lowest BCUT2D eigenvalue weighted by atomic mass is 9.96. The van der Waals surface area contributed by atoms with Gasteiger partial charge in [0.1, 0.15) is 11.9 Å². The van der Waals surface area contributed by atoms with Gasteiger partial charge in [0.25, 0.3) is 0 Å². The number of carboxylic acids is 2. The Hall–Kier alpha value is -3.25. The number of hydrogen-bond donors (Lipinski definition) is 5. The second-order valence-electron chi connectivity index (χ2n) is 6.96. The fraction of sp³-hybridized carbons (Fsp3) is 0.333. The normalized spacial score (nSPS) is 11.1. The number of carboxylic acid groups (broad SMARTS) is 2. The number of hydrogen-bond acceptors (Lipinski definition) is 5. The van der Waals surface area contributed by atoms with E-state index in [1.807, 2.05) is 0 Å². The Morgan fingerprint density at radius 3 is 1.78 bits per heavy atom. The fourth-order valence-electron chi connectivity index (χ4n) is 2.33. The molecule has 0 bridgehead atoms. The molecule has 0 saturated carbocycles. The topological polar surface area (TPSA) is 150 Å². The van der Waals surface area contributed by atoms with E-state index in [1.165, 1.54) is 12.1 Å². The molecule has 2 aromatic carbocycles. The van der Waals surface area contributed by atoms with Crippen LogP contribution in [0.2, 0.25) is 10.0 Å². The van der Waals surface area contributed by atoms with Crippen LogP contribution in [0.15, 0.2) is 24.3 Å². The highest BCUT2D eigenvalue weighted by Gasteiger charge is 2.19. The summed E-state index contributed by atoms with van der Waals surface area (Å²) in [5, 5.41) is 34.3. The van der Waals surface area contributed by atoms with Crippen molar-refractivity contribution in [3.8, 4) is 0 Å². The lowest BCUT2D eigenvalue weighted by molar-refractivity contribution is -0.143. The second-order valence-corrected chi connectivity index (χ2v) is 7.72. The summed E-state index contributed by atoms with van der Waals surface area (Å²) in [5.74, 6) is -3.44. The third kappa shape index (κ3) is 10.6. The van der Waals surface area contributed by atoms with Crippen molar-refractivity contribution in [1.29, 1.82) is 0 Å². The van der Waals surface area contributed by atoms with Crippen molar-refractivity contribution in [2.75, 3.05) is 13.2 Å². The molecule has 0 aromatic heterocycles. The summed E-state index contributed by atoms with van der Waals surface area (Å²) in [7, 11) is 0. The van der Waals surface area contributed by atoms with Crippen LogP contribution < -0.4 is 5.73 Å². The van der Waals surface area contributed by atoms with Gasteiger partial charge in [-0.05, 0) is 43.0 Å². The van der Waals surface area contributed by atoms with Crippen molar-refractivity contribution in [1.82, 2.24) is 0 Å². The molecule has 2 atom stereocenters. The average Bonchev–Trinajstić information content (AvgIpc) is 2.83. The standard InChI is InChI=1S/C12H12ClNO3.C8H5ClFN.C3H7NO3.CH4/c1-7-8(5-9(6-15)12(16)17)3-4-10(14-2)11(7)13;1-5-6(10)3-4-7(11-2)8(5)9;4-2(1-5)3(6)7;/h3-4,9,15H,5-6H2,1H3,(H,16,17);3-4H,1H3;2,5H,1,4H2,(H,6,7);1H4/t9-;;2-;/m1.1./s1. The molecule has 0 amide bonds. The Morgan fingerprint density at radius 1 is 0.944 bits per heavy atom. The molecular formula is C24H28Cl2FN3O6. The molecule has 9 nitrogen and oxygen atoms in total. The van der Waals surface area contributed by atoms with Gasteiger partial charge in [0.05, 0.1) is 42.3 Å². The van der Waals surface area contributed by atoms with Crippen LogP contribution in [-0.2, 0) is 16.0 Å². The predicted molar refractivity (Wildman–Crippen MR) is 136 cm³/mol. The van der Waals surface area contributed by atoms with Crippen LogP contribution in [0.5, 0.6) is 0 Å². The molecule has 0 unspecified atom stereocenters. The first-order chi connectivity index (χ1) is 16.4. The van der Waals surface area contributed by atoms with Crippen LogP contribution in [0.3, 0.4) is 0 Å². The molecule has 6 N–H and O–H groups in total. The summed E-state index contributed by atoms with van der Waals surface area (Å²) in [5.41, 5.74) is 7.18. The number of rotatable bonds is 6. The maximum atomic E-state index is 12.7. The zero-order valence-corrected chi connectivity index (χ0v) is 20.3. The third-order valence-electron chi connectivity index (χ3n) is 4.57. The van der Waals surface area contributed by atoms with Crippen molar-refractivity contribution in [3.63, 3.8) is 0 Å². The number of nitrogens with zero attached hydrogens (tertiary/aromatic N) is 2. The van der Waals surface area contributed by atoms with Crippen LogP contribution in [0.25, 0.3) is 9.69 Å². The van der Waals surface area contributed by atoms with Crippen LogP contribution in [0, 0.1) is 38.7 Å². The van der Waals surface area contributed by atoms with Crippen molar-refractivity contribution in [2.24, 2.45) is 11.7 Å². The van der Waals surface area contributed by atoms with E-state index >= 15 is 0 Å². The predicted octanol–water partition coefficient (Wildman–Crippen LogP) is 4.80. The van der Waals surface area contributed by atoms with Crippen molar-refractivity contribution in [3.05, 3.63) is 79.7 Å². The molecule has 2 rings (SSSR count). The average molecular weight is 544 g/mol. The largest absolute Gasteiger partial charge is 0.481 e. The number of aliphatic carboxylic acids is 2. The molecule has 0 fully saturated rings. The van der Waals surface area contributed by atoms with Gasteiger partial charge < -0.3 is 26.2 Å². The van der Waals surface area contributed by atoms with E-state index in [4.69, 9.17) is 62.5 Å². The van der Waals surface area contributed by atoms with Crippen LogP contribution in [0.1, 0.15) is 24.1 Å². The summed E-state index contributed by atoms with van der Waals surface area (Å²) in [6, 6.07) is 4.74. The Bertz CT molecular complexity index is 1130. The molecule has 0 radical (unpaired) electrons. The molecule has 196 valence electrons. The lowest BCUT2D eigenvalue weighted by Gasteiger charge is -2.13. The van der Waals surface area contributed by atoms with Gasteiger partial charge in [0.15, 0.2) is 0 Å². The molecule has 0 aliphatic carbocycles. The van der Waals surface area contributed by atoms with Crippen molar-refractivity contribution in [2.45, 2.75) is 33.7 Å². The van der Waals surface area contributed by atoms with Gasteiger partial charge in [0.2, 0.25) is 11.4 Å². The highest BCUT2D eigenvalue weighted by molar-refractivity contribution is 6.34. The van der Waals surface area contributed by atoms with E-state index in [1.54, 1.807) is 26.0 Å². The summed E-state index contributed by atoms with van der Waals surface area (Å²) < 4.78 is 12.7. The molecule has 0 heterocycles. The van der Waals surface area contributed by atoms with Gasteiger partial charge in [-0.3, -0.25) is 9.59 Å². The minimum Gasteiger partial charge on any atom is -0.481 e. The van der Waals surface area contributed by atoms with Crippen LogP contribution in [0.4, 0.5) is 15.8 Å². The second kappa shape index (κ2) is 17.2. The molecular weight excluding hydrogens is 516 g/mol. The number of nitrogens with two attached hydrogens (primary N) is 1. The first-order valence-corrected chi connectivity index (χ1v) is 10.5. The summed E-state index contributed by atoms with van der Waals surface area (Å²) in [6.45, 7) is 15.9. The van der Waals surface area contributed by atoms with Crippen LogP contribution >= 0.6 is 23.2 Å². The minimum atomic E-state index is -1.18. The Morgan fingerprint density at radius 2 is 1.42 bits per heavy atom. The lowest BCUT2D eigenvalue weighted by Crippen LogP contribution is -2.33. The smallest absolute Gasteiger partial charge is 0.322 e. The van der Waals surface area contributed by atoms with Crippen molar-refractivity contribution < 1.29 is 34.4 Å². The number of carbonyl (C=O) groups is 2. The third-order valence-corrected chi connectivity index (χ3v) is 5.52. The fourth-order valence-corrected chi connectivity index (χ4v) is 2.75. The van der Waals surface area contributed by atoms with E-state index in [0.717, 1.165) is 5.56 Å². The summed E-state index contributed by atoms with van der Waals surface area (Å²) in [6.07, 6.45) is 0.204. The minimum absolute atomic E-state index is 0. The van der Waals surface area contributed by atoms with E-state index in [-0.39, 0.29) is 24.7 Å². The number of aliphatic hydroxyl groups is 2. The SMILES string of the molecule is C.N[C@H](CO)C(=O)O.[C-]#[N+]c1ccc(C[C@H](CO)C(=O)O)c(C)c1Cl.[C-]#[N+]c1ccc(F)c(C)c1Cl. The van der Waals surface area contributed by atoms with E-state index < -0.39 is 37.1 Å². The molecule has 0 aliphatic rings. The van der Waals surface area contributed by atoms with Crippen molar-refractivity contribution >= 4 is 46.5 Å². The number of benzene rings is 2. The monoisotopic (exact) mass is 543 g/mol. The quantitative estimate of drug-likeness (QED) is 0.328. The van der Waals surface area contributed by atoms with Gasteiger partial charge >= 0.3 is 11.9 Å². The Labute approximate surface area is 219 Å². The zero-order valence-electron chi connectivity index (χ0n) is 18.8. The van der Waals surface area contributed by atoms with Gasteiger partial charge in [-0.2, -0.15) is 0 Å². The number of halogens is 3. The maximum Gasteiger partial charge on any atom is 0.322 e. The molecule has 0 spiro atoms. The number of aliphatic hydroxyl groups excluding tert-OH is 2. The van der Waals surface area contributed by atoms with E-state index in [9.17, 15) is 14.0 Å². The van der Waals surface area contributed by atoms with Gasteiger partial charge in [-0.25, -0.2) is 14.1 Å². The van der Waals surface area contributed by atoms with Gasteiger partial charge in [-0.1, -0.05) is 48.8 Å². The van der Waals surface area contributed by atoms with E-state index in [0.29, 0.717) is 27.5 Å². The van der Waals surface area contributed by atoms with Gasteiger partial charge in [0, 0.05) is 0 Å². The molecule has 0 aliphatic heterocycles. The Balaban J connectivity index is 0. The summed E-state index contributed by atoms with van der Waals surface area (Å²) in [4.78, 5) is 26.8. The zero-order chi connectivity index (χ0) is 27.3. The molecule has 36 heavy (non-hydrogen) atoms. The highest BCUT2D eigenvalue weighted by atomic mass is 35.5. The summed E-state index contributed by atoms with van der Waals surface area (Å²) >= 11 is 11.6. The molecule has 2 aromatic rings. The first kappa shape index (κ1) is 34.9. The first-order valence-electron chi connectivity index (χ1n) is 9.76. The molecule has 12 heteroatoms. The Kier molecular flexibility index (Phi) is 16.7. The maximum absolute atomic E-state index is 12.7.